The molecule has 1 aromatic carbocycles. The normalized spacial score (nSPS) is 9.56. The van der Waals surface area contributed by atoms with Crippen LogP contribution in [0.25, 0.3) is 10.9 Å². The van der Waals surface area contributed by atoms with Crippen LogP contribution in [-0.2, 0) is 4.79 Å². The molecule has 2 N–H and O–H groups in total. The highest BCUT2D eigenvalue weighted by atomic mass is 16.1. The summed E-state index contributed by atoms with van der Waals surface area (Å²) >= 11 is 0. The molecule has 3 nitrogen and oxygen atoms in total. The maximum atomic E-state index is 10.6. The van der Waals surface area contributed by atoms with Gasteiger partial charge in [0.25, 0.3) is 5.91 Å². The van der Waals surface area contributed by atoms with Gasteiger partial charge in [-0.2, -0.15) is 0 Å². The van der Waals surface area contributed by atoms with Crippen LogP contribution < -0.4 is 5.73 Å². The summed E-state index contributed by atoms with van der Waals surface area (Å²) in [5.41, 5.74) is 7.62. The van der Waals surface area contributed by atoms with Gasteiger partial charge in [-0.05, 0) is 30.5 Å². The van der Waals surface area contributed by atoms with Crippen LogP contribution in [0.2, 0.25) is 0 Å². The zero-order valence-corrected chi connectivity index (χ0v) is 8.82. The van der Waals surface area contributed by atoms with Crippen LogP contribution in [0.4, 0.5) is 0 Å². The molecular formula is C13H10N2O. The Labute approximate surface area is 93.3 Å². The van der Waals surface area contributed by atoms with Crippen molar-refractivity contribution in [2.75, 3.05) is 0 Å². The van der Waals surface area contributed by atoms with E-state index in [1.165, 1.54) is 0 Å². The van der Waals surface area contributed by atoms with Gasteiger partial charge in [-0.15, -0.1) is 0 Å². The Balaban J connectivity index is 2.62. The van der Waals surface area contributed by atoms with Gasteiger partial charge in [0.15, 0.2) is 0 Å². The molecule has 3 heteroatoms. The SMILES string of the molecule is Cc1c(C#CC(N)=O)ccc2cccnc12. The van der Waals surface area contributed by atoms with Gasteiger partial charge in [-0.1, -0.05) is 18.1 Å². The van der Waals surface area contributed by atoms with E-state index >= 15 is 0 Å². The van der Waals surface area contributed by atoms with Crippen molar-refractivity contribution in [3.05, 3.63) is 41.6 Å². The molecule has 1 heterocycles. The van der Waals surface area contributed by atoms with E-state index in [1.54, 1.807) is 6.20 Å². The Morgan fingerprint density at radius 1 is 1.38 bits per heavy atom. The number of aryl methyl sites for hydroxylation is 1. The van der Waals surface area contributed by atoms with Crippen LogP contribution in [-0.4, -0.2) is 10.9 Å². The number of nitrogens with zero attached hydrogens (tertiary/aromatic N) is 1. The molecule has 2 aromatic rings. The predicted molar refractivity (Wildman–Crippen MR) is 62.6 cm³/mol. The quantitative estimate of drug-likeness (QED) is 0.668. The molecule has 0 aliphatic carbocycles. The average Bonchev–Trinajstić information content (AvgIpc) is 2.28. The third kappa shape index (κ3) is 1.86. The van der Waals surface area contributed by atoms with E-state index in [0.29, 0.717) is 0 Å². The molecule has 0 atom stereocenters. The lowest BCUT2D eigenvalue weighted by molar-refractivity contribution is -0.112. The fraction of sp³-hybridized carbons (Fsp3) is 0.0769. The standard InChI is InChI=1S/C13H10N2O/c1-9-10(6-7-12(14)16)4-5-11-3-2-8-15-13(9)11/h2-5,8H,1H3,(H2,14,16). The molecular weight excluding hydrogens is 200 g/mol. The number of carbonyl (C=O) groups excluding carboxylic acids is 1. The molecule has 0 radical (unpaired) electrons. The summed E-state index contributed by atoms with van der Waals surface area (Å²) < 4.78 is 0. The van der Waals surface area contributed by atoms with Gasteiger partial charge in [0.05, 0.1) is 5.52 Å². The van der Waals surface area contributed by atoms with E-state index in [1.807, 2.05) is 31.2 Å². The second-order valence-electron chi connectivity index (χ2n) is 3.43. The average molecular weight is 210 g/mol. The topological polar surface area (TPSA) is 56.0 Å². The van der Waals surface area contributed by atoms with Crippen molar-refractivity contribution < 1.29 is 4.79 Å². The Kier molecular flexibility index (Phi) is 2.57. The number of rotatable bonds is 0. The first-order chi connectivity index (χ1) is 7.68. The number of primary amides is 1. The van der Waals surface area contributed by atoms with Gasteiger partial charge in [0, 0.05) is 17.1 Å². The van der Waals surface area contributed by atoms with E-state index < -0.39 is 5.91 Å². The minimum Gasteiger partial charge on any atom is -0.359 e. The van der Waals surface area contributed by atoms with Crippen LogP contribution in [0.3, 0.4) is 0 Å². The molecule has 0 spiro atoms. The Hall–Kier alpha value is -2.34. The third-order valence-electron chi connectivity index (χ3n) is 2.35. The molecule has 2 rings (SSSR count). The third-order valence-corrected chi connectivity index (χ3v) is 2.35. The van der Waals surface area contributed by atoms with Crippen molar-refractivity contribution in [3.8, 4) is 11.8 Å². The fourth-order valence-electron chi connectivity index (χ4n) is 1.56. The number of pyridine rings is 1. The molecule has 1 amide bonds. The number of benzene rings is 1. The summed E-state index contributed by atoms with van der Waals surface area (Å²) in [5, 5.41) is 1.06. The van der Waals surface area contributed by atoms with Crippen molar-refractivity contribution in [2.24, 2.45) is 5.73 Å². The van der Waals surface area contributed by atoms with E-state index in [0.717, 1.165) is 22.0 Å². The van der Waals surface area contributed by atoms with Gasteiger partial charge < -0.3 is 5.73 Å². The molecule has 0 saturated heterocycles. The molecule has 16 heavy (non-hydrogen) atoms. The van der Waals surface area contributed by atoms with Crippen molar-refractivity contribution >= 4 is 16.8 Å². The first-order valence-corrected chi connectivity index (χ1v) is 4.84. The minimum atomic E-state index is -0.625. The zero-order valence-electron chi connectivity index (χ0n) is 8.82. The Bertz CT molecular complexity index is 621. The molecule has 78 valence electrons. The lowest BCUT2D eigenvalue weighted by Crippen LogP contribution is -2.06. The van der Waals surface area contributed by atoms with Gasteiger partial charge in [0.1, 0.15) is 0 Å². The summed E-state index contributed by atoms with van der Waals surface area (Å²) in [7, 11) is 0. The summed E-state index contributed by atoms with van der Waals surface area (Å²) in [4.78, 5) is 14.9. The number of carbonyl (C=O) groups is 1. The number of nitrogens with two attached hydrogens (primary N) is 1. The van der Waals surface area contributed by atoms with Crippen molar-refractivity contribution in [3.63, 3.8) is 0 Å². The fourth-order valence-corrected chi connectivity index (χ4v) is 1.56. The highest BCUT2D eigenvalue weighted by molar-refractivity contribution is 5.93. The predicted octanol–water partition coefficient (Wildman–Crippen LogP) is 1.38. The van der Waals surface area contributed by atoms with Crippen molar-refractivity contribution in [1.82, 2.24) is 4.98 Å². The molecule has 0 aliphatic rings. The first-order valence-electron chi connectivity index (χ1n) is 4.84. The Morgan fingerprint density at radius 3 is 2.94 bits per heavy atom. The maximum Gasteiger partial charge on any atom is 0.293 e. The Morgan fingerprint density at radius 2 is 2.19 bits per heavy atom. The largest absolute Gasteiger partial charge is 0.359 e. The molecule has 0 bridgehead atoms. The first kappa shape index (κ1) is 10.2. The lowest BCUT2D eigenvalue weighted by Gasteiger charge is -2.02. The zero-order chi connectivity index (χ0) is 11.5. The maximum absolute atomic E-state index is 10.6. The highest BCUT2D eigenvalue weighted by Crippen LogP contribution is 2.18. The summed E-state index contributed by atoms with van der Waals surface area (Å²) in [6.07, 6.45) is 1.74. The summed E-state index contributed by atoms with van der Waals surface area (Å²) in [5.74, 6) is 4.44. The summed E-state index contributed by atoms with van der Waals surface area (Å²) in [6.45, 7) is 1.93. The van der Waals surface area contributed by atoms with Crippen LogP contribution >= 0.6 is 0 Å². The minimum absolute atomic E-state index is 0.625. The monoisotopic (exact) mass is 210 g/mol. The lowest BCUT2D eigenvalue weighted by atomic mass is 10.0. The summed E-state index contributed by atoms with van der Waals surface area (Å²) in [6, 6.07) is 7.67. The second kappa shape index (κ2) is 4.03. The number of fused-ring (bicyclic) bond motifs is 1. The van der Waals surface area contributed by atoms with Crippen LogP contribution in [0.15, 0.2) is 30.5 Å². The smallest absolute Gasteiger partial charge is 0.293 e. The number of amides is 1. The van der Waals surface area contributed by atoms with E-state index in [-0.39, 0.29) is 0 Å². The molecule has 0 saturated carbocycles. The number of hydrogen-bond acceptors (Lipinski definition) is 2. The van der Waals surface area contributed by atoms with Crippen molar-refractivity contribution in [1.29, 1.82) is 0 Å². The van der Waals surface area contributed by atoms with Crippen LogP contribution in [0.5, 0.6) is 0 Å². The van der Waals surface area contributed by atoms with E-state index in [9.17, 15) is 4.79 Å². The van der Waals surface area contributed by atoms with Gasteiger partial charge in [-0.3, -0.25) is 9.78 Å². The van der Waals surface area contributed by atoms with E-state index in [2.05, 4.69) is 16.8 Å². The highest BCUT2D eigenvalue weighted by Gasteiger charge is 2.01. The molecule has 0 fully saturated rings. The molecule has 0 aliphatic heterocycles. The van der Waals surface area contributed by atoms with Gasteiger partial charge >= 0.3 is 0 Å². The van der Waals surface area contributed by atoms with Crippen molar-refractivity contribution in [2.45, 2.75) is 6.92 Å². The number of hydrogen-bond donors (Lipinski definition) is 1. The van der Waals surface area contributed by atoms with Crippen LogP contribution in [0, 0.1) is 18.8 Å². The second-order valence-corrected chi connectivity index (χ2v) is 3.43. The molecule has 0 unspecified atom stereocenters. The number of aromatic nitrogens is 1. The van der Waals surface area contributed by atoms with Crippen LogP contribution in [0.1, 0.15) is 11.1 Å². The van der Waals surface area contributed by atoms with Gasteiger partial charge in [0.2, 0.25) is 0 Å². The van der Waals surface area contributed by atoms with E-state index in [4.69, 9.17) is 5.73 Å². The van der Waals surface area contributed by atoms with Gasteiger partial charge in [-0.25, -0.2) is 0 Å². The molecule has 1 aromatic heterocycles.